The van der Waals surface area contributed by atoms with Crippen LogP contribution < -0.4 is 5.73 Å². The minimum Gasteiger partial charge on any atom is -0.329 e. The maximum Gasteiger partial charge on any atom is 0.0286 e. The maximum absolute atomic E-state index is 5.89. The predicted molar refractivity (Wildman–Crippen MR) is 66.1 cm³/mol. The normalized spacial score (nSPS) is 26.9. The van der Waals surface area contributed by atoms with Crippen LogP contribution in [0.2, 0.25) is 0 Å². The first-order chi connectivity index (χ1) is 6.85. The smallest absolute Gasteiger partial charge is 0.0286 e. The van der Waals surface area contributed by atoms with E-state index in [1.165, 1.54) is 36.3 Å². The molecule has 0 aliphatic carbocycles. The molecule has 1 unspecified atom stereocenters. The fourth-order valence-corrected chi connectivity index (χ4v) is 4.10. The van der Waals surface area contributed by atoms with Crippen molar-refractivity contribution >= 4 is 23.1 Å². The maximum atomic E-state index is 5.89. The van der Waals surface area contributed by atoms with E-state index in [1.807, 2.05) is 11.3 Å². The Hall–Kier alpha value is 0.01000. The molecule has 14 heavy (non-hydrogen) atoms. The van der Waals surface area contributed by atoms with Crippen molar-refractivity contribution in [1.29, 1.82) is 0 Å². The number of hydrogen-bond acceptors (Lipinski definition) is 3. The Morgan fingerprint density at radius 2 is 2.43 bits per heavy atom. The van der Waals surface area contributed by atoms with Gasteiger partial charge in [-0.3, -0.25) is 0 Å². The Balaban J connectivity index is 1.89. The lowest BCUT2D eigenvalue weighted by atomic mass is 9.97. The summed E-state index contributed by atoms with van der Waals surface area (Å²) in [4.78, 5) is 1.50. The second-order valence-electron chi connectivity index (χ2n) is 3.92. The van der Waals surface area contributed by atoms with Crippen LogP contribution in [0.1, 0.15) is 24.1 Å². The van der Waals surface area contributed by atoms with Crippen LogP contribution in [-0.2, 0) is 6.42 Å². The molecule has 0 radical (unpaired) electrons. The zero-order valence-corrected chi connectivity index (χ0v) is 10.0. The van der Waals surface area contributed by atoms with Crippen molar-refractivity contribution in [2.24, 2.45) is 5.73 Å². The Morgan fingerprint density at radius 3 is 3.00 bits per heavy atom. The molecule has 0 aromatic carbocycles. The Labute approximate surface area is 94.1 Å². The van der Waals surface area contributed by atoms with Crippen LogP contribution in [0.5, 0.6) is 0 Å². The molecule has 1 fully saturated rings. The summed E-state index contributed by atoms with van der Waals surface area (Å²) in [6.07, 6.45) is 5.14. The van der Waals surface area contributed by atoms with Gasteiger partial charge in [-0.2, -0.15) is 11.8 Å². The second-order valence-corrected chi connectivity index (χ2v) is 6.51. The summed E-state index contributed by atoms with van der Waals surface area (Å²) >= 11 is 3.96. The highest BCUT2D eigenvalue weighted by atomic mass is 32.2. The molecule has 1 atom stereocenters. The molecule has 0 bridgehead atoms. The molecule has 0 amide bonds. The average molecular weight is 227 g/mol. The highest BCUT2D eigenvalue weighted by Crippen LogP contribution is 2.40. The largest absolute Gasteiger partial charge is 0.329 e. The van der Waals surface area contributed by atoms with Crippen LogP contribution in [0.3, 0.4) is 0 Å². The second kappa shape index (κ2) is 4.69. The van der Waals surface area contributed by atoms with Gasteiger partial charge in [0, 0.05) is 16.2 Å². The van der Waals surface area contributed by atoms with Crippen molar-refractivity contribution in [2.45, 2.75) is 30.4 Å². The summed E-state index contributed by atoms with van der Waals surface area (Å²) in [5.41, 5.74) is 5.89. The van der Waals surface area contributed by atoms with E-state index >= 15 is 0 Å². The average Bonchev–Trinajstić information content (AvgIpc) is 2.87. The molecule has 1 aliphatic heterocycles. The van der Waals surface area contributed by atoms with Gasteiger partial charge in [-0.15, -0.1) is 11.3 Å². The molecular formula is C11H17NS2. The van der Waals surface area contributed by atoms with E-state index < -0.39 is 0 Å². The quantitative estimate of drug-likeness (QED) is 0.856. The standard InChI is InChI=1S/C11H17NS2/c12-9-11(5-2-8-14-11)6-4-10-3-1-7-13-10/h1,3,7H,2,4-6,8-9,12H2. The third-order valence-corrected chi connectivity index (χ3v) is 5.58. The number of thioether (sulfide) groups is 1. The molecule has 2 N–H and O–H groups in total. The number of thiophene rings is 1. The molecule has 2 heterocycles. The molecule has 3 heteroatoms. The van der Waals surface area contributed by atoms with E-state index in [0.29, 0.717) is 4.75 Å². The lowest BCUT2D eigenvalue weighted by molar-refractivity contribution is 0.529. The van der Waals surface area contributed by atoms with Crippen molar-refractivity contribution in [1.82, 2.24) is 0 Å². The van der Waals surface area contributed by atoms with E-state index in [0.717, 1.165) is 6.54 Å². The van der Waals surface area contributed by atoms with E-state index in [9.17, 15) is 0 Å². The minimum atomic E-state index is 0.407. The lowest BCUT2D eigenvalue weighted by Gasteiger charge is -2.25. The third kappa shape index (κ3) is 2.33. The van der Waals surface area contributed by atoms with Crippen LogP contribution in [0.4, 0.5) is 0 Å². The summed E-state index contributed by atoms with van der Waals surface area (Å²) in [5, 5.41) is 2.16. The zero-order chi connectivity index (χ0) is 9.86. The van der Waals surface area contributed by atoms with Gasteiger partial charge in [0.2, 0.25) is 0 Å². The summed E-state index contributed by atoms with van der Waals surface area (Å²) in [6.45, 7) is 0.850. The van der Waals surface area contributed by atoms with E-state index in [-0.39, 0.29) is 0 Å². The highest BCUT2D eigenvalue weighted by molar-refractivity contribution is 8.00. The predicted octanol–water partition coefficient (Wildman–Crippen LogP) is 2.91. The van der Waals surface area contributed by atoms with Gasteiger partial charge < -0.3 is 5.73 Å². The van der Waals surface area contributed by atoms with Crippen molar-refractivity contribution in [3.05, 3.63) is 22.4 Å². The van der Waals surface area contributed by atoms with Crippen LogP contribution in [0.25, 0.3) is 0 Å². The fraction of sp³-hybridized carbons (Fsp3) is 0.636. The molecule has 1 nitrogen and oxygen atoms in total. The minimum absolute atomic E-state index is 0.407. The van der Waals surface area contributed by atoms with Crippen LogP contribution >= 0.6 is 23.1 Å². The molecule has 1 aromatic heterocycles. The molecule has 78 valence electrons. The van der Waals surface area contributed by atoms with Gasteiger partial charge in [-0.1, -0.05) is 6.07 Å². The summed E-state index contributed by atoms with van der Waals surface area (Å²) in [7, 11) is 0. The molecule has 1 aliphatic rings. The van der Waals surface area contributed by atoms with Gasteiger partial charge in [-0.25, -0.2) is 0 Å². The molecular weight excluding hydrogens is 210 g/mol. The zero-order valence-electron chi connectivity index (χ0n) is 8.37. The molecule has 0 saturated carbocycles. The molecule has 1 saturated heterocycles. The third-order valence-electron chi connectivity index (χ3n) is 2.96. The van der Waals surface area contributed by atoms with Gasteiger partial charge >= 0.3 is 0 Å². The number of aryl methyl sites for hydroxylation is 1. The topological polar surface area (TPSA) is 26.0 Å². The number of nitrogens with two attached hydrogens (primary N) is 1. The first kappa shape index (κ1) is 10.5. The SMILES string of the molecule is NCC1(CCc2cccs2)CCCS1. The first-order valence-electron chi connectivity index (χ1n) is 5.21. The van der Waals surface area contributed by atoms with Crippen molar-refractivity contribution in [2.75, 3.05) is 12.3 Å². The van der Waals surface area contributed by atoms with E-state index in [2.05, 4.69) is 29.3 Å². The highest BCUT2D eigenvalue weighted by Gasteiger charge is 2.32. The number of rotatable bonds is 4. The van der Waals surface area contributed by atoms with Crippen molar-refractivity contribution in [3.8, 4) is 0 Å². The van der Waals surface area contributed by atoms with Gasteiger partial charge in [0.05, 0.1) is 0 Å². The summed E-state index contributed by atoms with van der Waals surface area (Å²) in [6, 6.07) is 4.37. The van der Waals surface area contributed by atoms with Gasteiger partial charge in [0.1, 0.15) is 0 Å². The van der Waals surface area contributed by atoms with Gasteiger partial charge in [-0.05, 0) is 42.9 Å². The fourth-order valence-electron chi connectivity index (χ4n) is 2.02. The first-order valence-corrected chi connectivity index (χ1v) is 7.08. The van der Waals surface area contributed by atoms with Crippen LogP contribution in [0.15, 0.2) is 17.5 Å². The van der Waals surface area contributed by atoms with Gasteiger partial charge in [0.25, 0.3) is 0 Å². The van der Waals surface area contributed by atoms with Crippen molar-refractivity contribution < 1.29 is 0 Å². The Kier molecular flexibility index (Phi) is 3.52. The van der Waals surface area contributed by atoms with Crippen LogP contribution in [0, 0.1) is 0 Å². The van der Waals surface area contributed by atoms with Crippen LogP contribution in [-0.4, -0.2) is 17.0 Å². The van der Waals surface area contributed by atoms with Crippen molar-refractivity contribution in [3.63, 3.8) is 0 Å². The summed E-state index contributed by atoms with van der Waals surface area (Å²) in [5.74, 6) is 1.31. The van der Waals surface area contributed by atoms with E-state index in [1.54, 1.807) is 0 Å². The lowest BCUT2D eigenvalue weighted by Crippen LogP contribution is -2.32. The van der Waals surface area contributed by atoms with Gasteiger partial charge in [0.15, 0.2) is 0 Å². The summed E-state index contributed by atoms with van der Waals surface area (Å²) < 4.78 is 0.407. The Bertz CT molecular complexity index is 263. The monoisotopic (exact) mass is 227 g/mol. The molecule has 0 spiro atoms. The Morgan fingerprint density at radius 1 is 1.50 bits per heavy atom. The molecule has 2 rings (SSSR count). The number of hydrogen-bond donors (Lipinski definition) is 1. The molecule has 1 aromatic rings. The van der Waals surface area contributed by atoms with E-state index in [4.69, 9.17) is 5.73 Å².